The summed E-state index contributed by atoms with van der Waals surface area (Å²) < 4.78 is 13.7. The van der Waals surface area contributed by atoms with E-state index in [1.54, 1.807) is 6.07 Å². The minimum atomic E-state index is -0.596. The Morgan fingerprint density at radius 1 is 1.50 bits per heavy atom. The van der Waals surface area contributed by atoms with E-state index in [-0.39, 0.29) is 21.4 Å². The lowest BCUT2D eigenvalue weighted by atomic mass is 10.1. The molecule has 0 atom stereocenters. The molecule has 0 heterocycles. The average molecular weight is 254 g/mol. The van der Waals surface area contributed by atoms with Crippen LogP contribution in [0.4, 0.5) is 4.39 Å². The van der Waals surface area contributed by atoms with Crippen molar-refractivity contribution in [2.75, 3.05) is 0 Å². The standard InChI is InChI=1S/C10H5BrFNO/c11-9-6(4-13)3-5-1-2-7(14)8(5)10(9)12/h3H,1-2H2. The molecule has 1 aliphatic carbocycles. The molecule has 0 aromatic heterocycles. The minimum Gasteiger partial charge on any atom is -0.294 e. The molecule has 0 saturated heterocycles. The highest BCUT2D eigenvalue weighted by atomic mass is 79.9. The summed E-state index contributed by atoms with van der Waals surface area (Å²) in [5.41, 5.74) is 1.04. The Morgan fingerprint density at radius 2 is 2.21 bits per heavy atom. The fraction of sp³-hybridized carbons (Fsp3) is 0.200. The fourth-order valence-corrected chi connectivity index (χ4v) is 2.03. The van der Waals surface area contributed by atoms with Crippen LogP contribution in [-0.4, -0.2) is 5.78 Å². The smallest absolute Gasteiger partial charge is 0.166 e. The van der Waals surface area contributed by atoms with Gasteiger partial charge >= 0.3 is 0 Å². The lowest BCUT2D eigenvalue weighted by Crippen LogP contribution is -1.99. The van der Waals surface area contributed by atoms with Crippen LogP contribution in [0.5, 0.6) is 0 Å². The molecule has 4 heteroatoms. The van der Waals surface area contributed by atoms with E-state index in [1.807, 2.05) is 6.07 Å². The summed E-state index contributed by atoms with van der Waals surface area (Å²) in [7, 11) is 0. The SMILES string of the molecule is N#Cc1cc2c(c(F)c1Br)C(=O)CC2. The van der Waals surface area contributed by atoms with Crippen LogP contribution in [0.2, 0.25) is 0 Å². The molecular formula is C10H5BrFNO. The lowest BCUT2D eigenvalue weighted by Gasteiger charge is -2.03. The number of aryl methyl sites for hydroxylation is 1. The zero-order valence-corrected chi connectivity index (χ0v) is 8.69. The molecule has 2 rings (SSSR count). The highest BCUT2D eigenvalue weighted by molar-refractivity contribution is 9.10. The third kappa shape index (κ3) is 1.17. The molecule has 14 heavy (non-hydrogen) atoms. The van der Waals surface area contributed by atoms with Crippen molar-refractivity contribution in [3.05, 3.63) is 33.0 Å². The Bertz CT molecular complexity index is 476. The third-order valence-corrected chi connectivity index (χ3v) is 3.08. The van der Waals surface area contributed by atoms with Crippen molar-refractivity contribution in [1.82, 2.24) is 0 Å². The number of carbonyl (C=O) groups excluding carboxylic acids is 1. The zero-order chi connectivity index (χ0) is 10.3. The molecule has 0 bridgehead atoms. The second-order valence-electron chi connectivity index (χ2n) is 3.12. The molecule has 0 spiro atoms. The van der Waals surface area contributed by atoms with E-state index in [9.17, 15) is 9.18 Å². The molecule has 0 unspecified atom stereocenters. The summed E-state index contributed by atoms with van der Waals surface area (Å²) >= 11 is 2.97. The Balaban J connectivity index is 2.77. The van der Waals surface area contributed by atoms with Gasteiger partial charge in [-0.3, -0.25) is 4.79 Å². The number of halogens is 2. The second-order valence-corrected chi connectivity index (χ2v) is 3.91. The molecule has 0 fully saturated rings. The predicted molar refractivity (Wildman–Crippen MR) is 51.5 cm³/mol. The third-order valence-electron chi connectivity index (χ3n) is 2.31. The number of Topliss-reactive ketones (excluding diaryl/α,β-unsaturated/α-hetero) is 1. The molecule has 0 amide bonds. The Labute approximate surface area is 88.5 Å². The van der Waals surface area contributed by atoms with Gasteiger partial charge in [0.25, 0.3) is 0 Å². The maximum absolute atomic E-state index is 13.6. The topological polar surface area (TPSA) is 40.9 Å². The Morgan fingerprint density at radius 3 is 2.86 bits per heavy atom. The predicted octanol–water partition coefficient (Wildman–Crippen LogP) is 2.59. The van der Waals surface area contributed by atoms with Gasteiger partial charge in [0.2, 0.25) is 0 Å². The largest absolute Gasteiger partial charge is 0.294 e. The van der Waals surface area contributed by atoms with E-state index in [2.05, 4.69) is 15.9 Å². The first-order chi connectivity index (χ1) is 6.65. The van der Waals surface area contributed by atoms with Crippen LogP contribution < -0.4 is 0 Å². The number of rotatable bonds is 0. The maximum atomic E-state index is 13.6. The molecule has 1 aliphatic rings. The van der Waals surface area contributed by atoms with Crippen LogP contribution in [0.1, 0.15) is 27.9 Å². The van der Waals surface area contributed by atoms with Gasteiger partial charge < -0.3 is 0 Å². The highest BCUT2D eigenvalue weighted by Crippen LogP contribution is 2.31. The van der Waals surface area contributed by atoms with Crippen molar-refractivity contribution in [3.63, 3.8) is 0 Å². The van der Waals surface area contributed by atoms with Gasteiger partial charge in [0.15, 0.2) is 5.78 Å². The monoisotopic (exact) mass is 253 g/mol. The number of nitriles is 1. The normalized spacial score (nSPS) is 13.9. The van der Waals surface area contributed by atoms with Crippen molar-refractivity contribution in [2.45, 2.75) is 12.8 Å². The van der Waals surface area contributed by atoms with Crippen molar-refractivity contribution in [2.24, 2.45) is 0 Å². The van der Waals surface area contributed by atoms with Gasteiger partial charge in [0.1, 0.15) is 11.9 Å². The molecule has 1 aromatic rings. The van der Waals surface area contributed by atoms with Gasteiger partial charge in [0, 0.05) is 6.42 Å². The van der Waals surface area contributed by atoms with E-state index in [0.717, 1.165) is 0 Å². The zero-order valence-electron chi connectivity index (χ0n) is 7.10. The van der Waals surface area contributed by atoms with Gasteiger partial charge in [-0.25, -0.2) is 4.39 Å². The molecule has 0 radical (unpaired) electrons. The van der Waals surface area contributed by atoms with Crippen LogP contribution >= 0.6 is 15.9 Å². The summed E-state index contributed by atoms with van der Waals surface area (Å²) in [6, 6.07) is 3.46. The van der Waals surface area contributed by atoms with E-state index in [0.29, 0.717) is 18.4 Å². The van der Waals surface area contributed by atoms with E-state index in [4.69, 9.17) is 5.26 Å². The van der Waals surface area contributed by atoms with Gasteiger partial charge in [-0.1, -0.05) is 0 Å². The molecular weight excluding hydrogens is 249 g/mol. The molecule has 0 saturated carbocycles. The van der Waals surface area contributed by atoms with Crippen molar-refractivity contribution in [1.29, 1.82) is 5.26 Å². The maximum Gasteiger partial charge on any atom is 0.166 e. The van der Waals surface area contributed by atoms with E-state index in [1.165, 1.54) is 0 Å². The van der Waals surface area contributed by atoms with Crippen LogP contribution in [0, 0.1) is 17.1 Å². The first kappa shape index (κ1) is 9.35. The van der Waals surface area contributed by atoms with Gasteiger partial charge in [0.05, 0.1) is 15.6 Å². The number of hydrogen-bond donors (Lipinski definition) is 0. The molecule has 1 aromatic carbocycles. The number of carbonyl (C=O) groups is 1. The first-order valence-corrected chi connectivity index (χ1v) is 4.88. The van der Waals surface area contributed by atoms with Crippen LogP contribution in [-0.2, 0) is 6.42 Å². The molecule has 70 valence electrons. The molecule has 0 aliphatic heterocycles. The lowest BCUT2D eigenvalue weighted by molar-refractivity contribution is 0.0991. The Kier molecular flexibility index (Phi) is 2.12. The average Bonchev–Trinajstić information content (AvgIpc) is 2.54. The van der Waals surface area contributed by atoms with E-state index >= 15 is 0 Å². The number of ketones is 1. The number of fused-ring (bicyclic) bond motifs is 1. The summed E-state index contributed by atoms with van der Waals surface area (Å²) in [5, 5.41) is 8.71. The summed E-state index contributed by atoms with van der Waals surface area (Å²) in [5.74, 6) is -0.774. The summed E-state index contributed by atoms with van der Waals surface area (Å²) in [6.45, 7) is 0. The van der Waals surface area contributed by atoms with Crippen LogP contribution in [0.25, 0.3) is 0 Å². The molecule has 2 nitrogen and oxygen atoms in total. The van der Waals surface area contributed by atoms with Gasteiger partial charge in [-0.05, 0) is 34.0 Å². The second kappa shape index (κ2) is 3.18. The van der Waals surface area contributed by atoms with Crippen molar-refractivity contribution < 1.29 is 9.18 Å². The van der Waals surface area contributed by atoms with Crippen molar-refractivity contribution in [3.8, 4) is 6.07 Å². The molecule has 0 N–H and O–H groups in total. The van der Waals surface area contributed by atoms with Gasteiger partial charge in [-0.15, -0.1) is 0 Å². The minimum absolute atomic E-state index is 0.0917. The van der Waals surface area contributed by atoms with Crippen LogP contribution in [0.15, 0.2) is 10.5 Å². The number of hydrogen-bond acceptors (Lipinski definition) is 2. The van der Waals surface area contributed by atoms with Crippen molar-refractivity contribution >= 4 is 21.7 Å². The fourth-order valence-electron chi connectivity index (χ4n) is 1.63. The summed E-state index contributed by atoms with van der Waals surface area (Å²) in [6.07, 6.45) is 0.876. The number of benzene rings is 1. The Hall–Kier alpha value is -1.21. The quantitative estimate of drug-likeness (QED) is 0.713. The van der Waals surface area contributed by atoms with Gasteiger partial charge in [-0.2, -0.15) is 5.26 Å². The van der Waals surface area contributed by atoms with Crippen LogP contribution in [0.3, 0.4) is 0 Å². The first-order valence-electron chi connectivity index (χ1n) is 4.09. The summed E-state index contributed by atoms with van der Waals surface area (Å²) in [4.78, 5) is 11.3. The number of nitrogens with zero attached hydrogens (tertiary/aromatic N) is 1. The van der Waals surface area contributed by atoms with E-state index < -0.39 is 5.82 Å². The highest BCUT2D eigenvalue weighted by Gasteiger charge is 2.26.